The van der Waals surface area contributed by atoms with Crippen LogP contribution >= 0.6 is 0 Å². The molecule has 336 valence electrons. The summed E-state index contributed by atoms with van der Waals surface area (Å²) in [6.07, 6.45) is -3.64. The first kappa shape index (κ1) is 49.1. The van der Waals surface area contributed by atoms with Crippen molar-refractivity contribution in [3.63, 3.8) is 0 Å². The minimum Gasteiger partial charge on any atom is -0.508 e. The number of carbonyl (C=O) groups excluding carboxylic acids is 8. The van der Waals surface area contributed by atoms with Crippen molar-refractivity contribution in [2.45, 2.75) is 101 Å². The van der Waals surface area contributed by atoms with Gasteiger partial charge in [0.15, 0.2) is 0 Å². The average molecular weight is 869 g/mol. The molecule has 1 aliphatic rings. The van der Waals surface area contributed by atoms with E-state index in [2.05, 4.69) is 37.2 Å². The molecular formula is C40H52N8O14. The summed E-state index contributed by atoms with van der Waals surface area (Å²) in [5.74, 6) is -11.4. The summed E-state index contributed by atoms with van der Waals surface area (Å²) in [4.78, 5) is 131. The lowest BCUT2D eigenvalue weighted by molar-refractivity contribution is -0.141. The molecule has 2 aromatic rings. The first-order valence-electron chi connectivity index (χ1n) is 19.6. The van der Waals surface area contributed by atoms with Gasteiger partial charge >= 0.3 is 11.9 Å². The van der Waals surface area contributed by atoms with E-state index in [4.69, 9.17) is 5.73 Å². The summed E-state index contributed by atoms with van der Waals surface area (Å²) >= 11 is 0. The van der Waals surface area contributed by atoms with Crippen LogP contribution in [-0.4, -0.2) is 122 Å². The summed E-state index contributed by atoms with van der Waals surface area (Å²) in [7, 11) is 0. The van der Waals surface area contributed by atoms with Crippen LogP contribution in [0.5, 0.6) is 11.5 Å². The number of carboxylic acids is 2. The molecule has 3 rings (SSSR count). The number of carbonyl (C=O) groups is 10. The SMILES string of the molecule is CC(C)C[C@@H]1NC(=O)CNC(=O)[C@H](CCC(=O)O)NC(=O)[C@H](CC(=O)O)NC(=O)[C@H](Cc2ccc(O)cc2)NC(=O)[C@H](Cc2ccc(O)cc2)NC(=O)CC[C@@H](C(N)=O)NC1=O. The molecule has 0 aromatic heterocycles. The van der Waals surface area contributed by atoms with Gasteiger partial charge in [-0.1, -0.05) is 38.1 Å². The van der Waals surface area contributed by atoms with Crippen LogP contribution in [0.15, 0.2) is 48.5 Å². The fourth-order valence-electron chi connectivity index (χ4n) is 6.23. The van der Waals surface area contributed by atoms with Gasteiger partial charge in [0.05, 0.1) is 13.0 Å². The molecule has 6 atom stereocenters. The number of benzene rings is 2. The number of hydrogen-bond donors (Lipinski definition) is 12. The van der Waals surface area contributed by atoms with Crippen molar-refractivity contribution in [2.24, 2.45) is 11.7 Å². The highest BCUT2D eigenvalue weighted by molar-refractivity contribution is 5.98. The third-order valence-electron chi connectivity index (χ3n) is 9.43. The highest BCUT2D eigenvalue weighted by atomic mass is 16.4. The number of aliphatic carboxylic acids is 2. The van der Waals surface area contributed by atoms with Crippen molar-refractivity contribution in [1.29, 1.82) is 0 Å². The van der Waals surface area contributed by atoms with Crippen LogP contribution in [0.1, 0.15) is 63.5 Å². The molecule has 22 heteroatoms. The van der Waals surface area contributed by atoms with Crippen LogP contribution < -0.4 is 43.0 Å². The van der Waals surface area contributed by atoms with Crippen LogP contribution in [0, 0.1) is 5.92 Å². The molecular weight excluding hydrogens is 816 g/mol. The van der Waals surface area contributed by atoms with Crippen molar-refractivity contribution < 1.29 is 68.4 Å². The van der Waals surface area contributed by atoms with Crippen LogP contribution in [0.25, 0.3) is 0 Å². The number of phenols is 2. The zero-order valence-electron chi connectivity index (χ0n) is 34.0. The summed E-state index contributed by atoms with van der Waals surface area (Å²) in [6, 6.07) is 1.59. The molecule has 0 bridgehead atoms. The molecule has 1 saturated heterocycles. The molecule has 2 aromatic carbocycles. The number of primary amides is 1. The van der Waals surface area contributed by atoms with Crippen molar-refractivity contribution >= 4 is 59.2 Å². The van der Waals surface area contributed by atoms with Gasteiger partial charge in [-0.25, -0.2) is 0 Å². The Kier molecular flexibility index (Phi) is 18.6. The molecule has 0 spiro atoms. The largest absolute Gasteiger partial charge is 0.508 e. The molecule has 0 saturated carbocycles. The van der Waals surface area contributed by atoms with Gasteiger partial charge in [0.2, 0.25) is 47.3 Å². The highest BCUT2D eigenvalue weighted by Crippen LogP contribution is 2.15. The number of aromatic hydroxyl groups is 2. The molecule has 0 unspecified atom stereocenters. The Balaban J connectivity index is 2.11. The summed E-state index contributed by atoms with van der Waals surface area (Å²) in [5.41, 5.74) is 6.36. The van der Waals surface area contributed by atoms with Gasteiger partial charge < -0.3 is 63.4 Å². The summed E-state index contributed by atoms with van der Waals surface area (Å²) in [5, 5.41) is 55.3. The summed E-state index contributed by atoms with van der Waals surface area (Å²) in [6.45, 7) is 2.67. The van der Waals surface area contributed by atoms with E-state index < -0.39 is 128 Å². The third-order valence-corrected chi connectivity index (χ3v) is 9.43. The first-order chi connectivity index (χ1) is 29.2. The smallest absolute Gasteiger partial charge is 0.305 e. The van der Waals surface area contributed by atoms with Crippen LogP contribution in [0.2, 0.25) is 0 Å². The van der Waals surface area contributed by atoms with Crippen molar-refractivity contribution in [2.75, 3.05) is 6.54 Å². The van der Waals surface area contributed by atoms with Crippen LogP contribution in [0.3, 0.4) is 0 Å². The molecule has 1 aliphatic heterocycles. The fourth-order valence-corrected chi connectivity index (χ4v) is 6.23. The molecule has 1 fully saturated rings. The van der Waals surface area contributed by atoms with Gasteiger partial charge in [0.25, 0.3) is 0 Å². The maximum atomic E-state index is 14.1. The molecule has 0 radical (unpaired) electrons. The second kappa shape index (κ2) is 23.5. The quantitative estimate of drug-likeness (QED) is 0.106. The van der Waals surface area contributed by atoms with E-state index in [1.807, 2.05) is 0 Å². The van der Waals surface area contributed by atoms with Gasteiger partial charge in [0, 0.05) is 25.7 Å². The van der Waals surface area contributed by atoms with E-state index in [-0.39, 0.29) is 43.1 Å². The van der Waals surface area contributed by atoms with E-state index in [0.29, 0.717) is 11.1 Å². The van der Waals surface area contributed by atoms with E-state index >= 15 is 0 Å². The van der Waals surface area contributed by atoms with Crippen molar-refractivity contribution in [3.8, 4) is 11.5 Å². The average Bonchev–Trinajstić information content (AvgIpc) is 3.19. The fraction of sp³-hybridized carbons (Fsp3) is 0.450. The minimum atomic E-state index is -1.93. The monoisotopic (exact) mass is 868 g/mol. The molecule has 8 amide bonds. The number of phenolic OH excluding ortho intramolecular Hbond substituents is 2. The van der Waals surface area contributed by atoms with Gasteiger partial charge in [-0.05, 0) is 60.6 Å². The second-order valence-corrected chi connectivity index (χ2v) is 15.0. The van der Waals surface area contributed by atoms with Gasteiger partial charge in [0.1, 0.15) is 47.8 Å². The first-order valence-corrected chi connectivity index (χ1v) is 19.6. The maximum absolute atomic E-state index is 14.1. The molecule has 13 N–H and O–H groups in total. The number of carboxylic acid groups (broad SMARTS) is 2. The van der Waals surface area contributed by atoms with E-state index in [1.54, 1.807) is 13.8 Å². The number of nitrogens with two attached hydrogens (primary N) is 1. The number of hydrogen-bond acceptors (Lipinski definition) is 12. The van der Waals surface area contributed by atoms with E-state index in [9.17, 15) is 68.4 Å². The minimum absolute atomic E-state index is 0.0350. The lowest BCUT2D eigenvalue weighted by Gasteiger charge is -2.26. The Morgan fingerprint density at radius 3 is 1.58 bits per heavy atom. The number of amides is 8. The van der Waals surface area contributed by atoms with Crippen LogP contribution in [-0.2, 0) is 60.8 Å². The Morgan fingerprint density at radius 2 is 1.08 bits per heavy atom. The van der Waals surface area contributed by atoms with E-state index in [0.717, 1.165) is 0 Å². The highest BCUT2D eigenvalue weighted by Gasteiger charge is 2.34. The zero-order chi connectivity index (χ0) is 46.1. The number of rotatable bonds is 12. The normalized spacial score (nSPS) is 22.7. The van der Waals surface area contributed by atoms with Crippen molar-refractivity contribution in [1.82, 2.24) is 37.2 Å². The van der Waals surface area contributed by atoms with E-state index in [1.165, 1.54) is 48.5 Å². The lowest BCUT2D eigenvalue weighted by atomic mass is 10.0. The molecule has 0 aliphatic carbocycles. The van der Waals surface area contributed by atoms with Crippen LogP contribution in [0.4, 0.5) is 0 Å². The zero-order valence-corrected chi connectivity index (χ0v) is 34.0. The second-order valence-electron chi connectivity index (χ2n) is 15.0. The Morgan fingerprint density at radius 1 is 0.613 bits per heavy atom. The van der Waals surface area contributed by atoms with Gasteiger partial charge in [-0.2, -0.15) is 0 Å². The maximum Gasteiger partial charge on any atom is 0.305 e. The van der Waals surface area contributed by atoms with Gasteiger partial charge in [-0.15, -0.1) is 0 Å². The summed E-state index contributed by atoms with van der Waals surface area (Å²) < 4.78 is 0. The van der Waals surface area contributed by atoms with Gasteiger partial charge in [-0.3, -0.25) is 47.9 Å². The standard InChI is InChI=1S/C40H52N8O14/c1-20(2)15-27-37(59)45-25(35(41)57)11-13-31(51)43-28(16-21-3-7-23(49)8-4-21)38(60)47-29(17-22-5-9-24(50)10-6-22)39(61)48-30(18-34(55)56)40(62)46-26(12-14-33(53)54)36(58)42-19-32(52)44-27/h3-10,20,25-30,49-50H,11-19H2,1-2H3,(H2,41,57)(H,42,58)(H,43,51)(H,44,52)(H,45,59)(H,46,62)(H,47,60)(H,48,61)(H,53,54)(H,55,56)/t25-,26-,27-,28-,29-,30-/m0/s1. The predicted octanol–water partition coefficient (Wildman–Crippen LogP) is -2.43. The topological polar surface area (TPSA) is 362 Å². The van der Waals surface area contributed by atoms with Crippen molar-refractivity contribution in [3.05, 3.63) is 59.7 Å². The Hall–Kier alpha value is -7.26. The molecule has 1 heterocycles. The molecule has 22 nitrogen and oxygen atoms in total. The third kappa shape index (κ3) is 16.8. The number of nitrogens with one attached hydrogen (secondary N) is 7. The Bertz CT molecular complexity index is 1980. The molecule has 62 heavy (non-hydrogen) atoms. The lowest BCUT2D eigenvalue weighted by Crippen LogP contribution is -2.59. The Labute approximate surface area is 355 Å². The predicted molar refractivity (Wildman–Crippen MR) is 215 cm³/mol.